The minimum absolute atomic E-state index is 0.0654. The van der Waals surface area contributed by atoms with Crippen molar-refractivity contribution in [3.05, 3.63) is 0 Å². The zero-order valence-corrected chi connectivity index (χ0v) is 55.9. The van der Waals surface area contributed by atoms with Crippen LogP contribution < -0.4 is 0 Å². The molecule has 0 aliphatic heterocycles. The monoisotopic (exact) mass is 1190 g/mol. The first kappa shape index (κ1) is 83.4. The molecule has 496 valence electrons. The summed E-state index contributed by atoms with van der Waals surface area (Å²) in [7, 11) is 0. The minimum Gasteiger partial charge on any atom is -0.462 e. The Morgan fingerprint density at radius 2 is 0.488 bits per heavy atom. The van der Waals surface area contributed by atoms with E-state index in [4.69, 9.17) is 14.2 Å². The van der Waals surface area contributed by atoms with E-state index >= 15 is 0 Å². The number of carbonyl (C=O) groups is 6. The number of hydrogen-bond acceptors (Lipinski definition) is 12. The van der Waals surface area contributed by atoms with Gasteiger partial charge >= 0.3 is 17.9 Å². The van der Waals surface area contributed by atoms with Gasteiger partial charge in [-0.3, -0.25) is 28.8 Å². The van der Waals surface area contributed by atoms with Gasteiger partial charge in [0.2, 0.25) is 5.60 Å². The Morgan fingerprint density at radius 3 is 0.726 bits per heavy atom. The second kappa shape index (κ2) is 61.9. The first-order valence-electron chi connectivity index (χ1n) is 35.9. The number of Topliss-reactive ketones (excluding diaryl/α,β-unsaturated/α-hetero) is 3. The van der Waals surface area contributed by atoms with Gasteiger partial charge in [0.15, 0.2) is 29.1 Å². The topological polar surface area (TPSA) is 191 Å². The Kier molecular flexibility index (Phi) is 61.5. The fraction of sp³-hybridized carbons (Fsp3) is 0.917. The molecule has 3 N–H and O–H groups in total. The summed E-state index contributed by atoms with van der Waals surface area (Å²) in [6, 6.07) is 0. The third kappa shape index (κ3) is 47.4. The van der Waals surface area contributed by atoms with Crippen molar-refractivity contribution in [2.75, 3.05) is 19.8 Å². The third-order valence-electron chi connectivity index (χ3n) is 16.7. The quantitative estimate of drug-likeness (QED) is 0.0226. The van der Waals surface area contributed by atoms with Gasteiger partial charge in [0.05, 0.1) is 6.61 Å². The Labute approximate surface area is 516 Å². The Hall–Kier alpha value is -2.70. The maximum Gasteiger partial charge on any atom is 0.306 e. The van der Waals surface area contributed by atoms with Crippen molar-refractivity contribution in [1.82, 2.24) is 0 Å². The smallest absolute Gasteiger partial charge is 0.306 e. The summed E-state index contributed by atoms with van der Waals surface area (Å²) < 4.78 is 16.5. The highest BCUT2D eigenvalue weighted by Gasteiger charge is 2.62. The molecule has 0 amide bonds. The van der Waals surface area contributed by atoms with Crippen LogP contribution in [0.3, 0.4) is 0 Å². The molecule has 0 radical (unpaired) electrons. The molecular formula is C72H136O12. The van der Waals surface area contributed by atoms with E-state index in [1.807, 2.05) is 0 Å². The van der Waals surface area contributed by atoms with Gasteiger partial charge in [-0.2, -0.15) is 0 Å². The fourth-order valence-electron chi connectivity index (χ4n) is 10.9. The molecule has 0 aromatic heterocycles. The molecule has 0 aliphatic carbocycles. The zero-order valence-electron chi connectivity index (χ0n) is 55.9. The summed E-state index contributed by atoms with van der Waals surface area (Å²) in [4.78, 5) is 77.2. The van der Waals surface area contributed by atoms with E-state index in [1.54, 1.807) is 0 Å². The Balaban J connectivity index is 0. The van der Waals surface area contributed by atoms with Crippen molar-refractivity contribution in [1.29, 1.82) is 0 Å². The van der Waals surface area contributed by atoms with Crippen LogP contribution in [0.15, 0.2) is 0 Å². The van der Waals surface area contributed by atoms with Crippen molar-refractivity contribution in [2.24, 2.45) is 0 Å². The summed E-state index contributed by atoms with van der Waals surface area (Å²) in [6.07, 6.45) is 52.1. The van der Waals surface area contributed by atoms with E-state index < -0.39 is 41.3 Å². The van der Waals surface area contributed by atoms with E-state index in [9.17, 15) is 44.1 Å². The number of aliphatic hydroxyl groups is 3. The van der Waals surface area contributed by atoms with Gasteiger partial charge < -0.3 is 29.5 Å². The molecule has 0 aromatic rings. The van der Waals surface area contributed by atoms with Crippen LogP contribution >= 0.6 is 0 Å². The molecule has 0 rings (SSSR count). The lowest BCUT2D eigenvalue weighted by Gasteiger charge is -2.39. The predicted octanol–water partition coefficient (Wildman–Crippen LogP) is 19.3. The second-order valence-corrected chi connectivity index (χ2v) is 24.8. The van der Waals surface area contributed by atoms with Crippen LogP contribution in [0.5, 0.6) is 0 Å². The zero-order chi connectivity index (χ0) is 62.5. The number of rotatable bonds is 64. The lowest BCUT2D eigenvalue weighted by Crippen LogP contribution is -2.69. The van der Waals surface area contributed by atoms with E-state index in [0.717, 1.165) is 135 Å². The van der Waals surface area contributed by atoms with E-state index in [2.05, 4.69) is 41.5 Å². The molecule has 0 aromatic carbocycles. The highest BCUT2D eigenvalue weighted by molar-refractivity contribution is 6.16. The van der Waals surface area contributed by atoms with Gasteiger partial charge in [-0.1, -0.05) is 311 Å². The van der Waals surface area contributed by atoms with Crippen molar-refractivity contribution >= 4 is 35.3 Å². The second-order valence-electron chi connectivity index (χ2n) is 24.8. The highest BCUT2D eigenvalue weighted by atomic mass is 16.6. The van der Waals surface area contributed by atoms with Crippen molar-refractivity contribution in [3.63, 3.8) is 0 Å². The van der Waals surface area contributed by atoms with E-state index in [1.165, 1.54) is 154 Å². The van der Waals surface area contributed by atoms with Gasteiger partial charge in [-0.05, 0) is 38.5 Å². The SMILES string of the molecule is CCCCCCCCCCC(=O)C(O)(CO)C(O)(C(=O)CCCCCCCCCC)C(=O)CCCCCCCCCC.CCCCCCCCCCC(=O)OCC(COC(=O)CCCCCCCCCC)OC(=O)CCCCCCCCCC. The highest BCUT2D eigenvalue weighted by Crippen LogP contribution is 2.32. The van der Waals surface area contributed by atoms with Crippen LogP contribution in [-0.4, -0.2) is 87.7 Å². The molecule has 0 heterocycles. The molecule has 0 spiro atoms. The largest absolute Gasteiger partial charge is 0.462 e. The van der Waals surface area contributed by atoms with Gasteiger partial charge in [-0.15, -0.1) is 0 Å². The molecule has 1 unspecified atom stereocenters. The summed E-state index contributed by atoms with van der Waals surface area (Å²) in [6.45, 7) is 11.9. The Morgan fingerprint density at radius 1 is 0.286 bits per heavy atom. The first-order valence-corrected chi connectivity index (χ1v) is 35.9. The maximum absolute atomic E-state index is 13.4. The summed E-state index contributed by atoms with van der Waals surface area (Å²) in [5.74, 6) is -3.36. The van der Waals surface area contributed by atoms with Crippen LogP contribution in [0.2, 0.25) is 0 Å². The van der Waals surface area contributed by atoms with E-state index in [0.29, 0.717) is 38.5 Å². The average Bonchev–Trinajstić information content (AvgIpc) is 3.52. The lowest BCUT2D eigenvalue weighted by atomic mass is 9.71. The van der Waals surface area contributed by atoms with Crippen LogP contribution in [0, 0.1) is 0 Å². The molecule has 12 nitrogen and oxygen atoms in total. The molecule has 0 saturated heterocycles. The summed E-state index contributed by atoms with van der Waals surface area (Å²) in [5, 5.41) is 33.2. The van der Waals surface area contributed by atoms with Crippen molar-refractivity contribution in [3.8, 4) is 0 Å². The Bertz CT molecular complexity index is 1460. The number of aliphatic hydroxyl groups excluding tert-OH is 1. The lowest BCUT2D eigenvalue weighted by molar-refractivity contribution is -0.194. The summed E-state index contributed by atoms with van der Waals surface area (Å²) in [5.41, 5.74) is -5.70. The standard InChI is InChI=1S/2C36H68O6/c1-4-7-10-13-16-19-22-25-28-34(37)40-31-33(42-36(39)30-27-24-21-18-15-12-9-6-3)32-41-35(38)29-26-23-20-17-14-11-8-5-2;1-4-7-10-13-16-19-22-25-28-32(38)35(41,31-37)36(42,33(39)29-26-23-20-17-14-11-8-5-2)34(40)30-27-24-21-18-15-12-9-6-3/h33H,4-32H2,1-3H3;37,41-42H,4-31H2,1-3H3. The van der Waals surface area contributed by atoms with Gasteiger partial charge in [-0.25, -0.2) is 0 Å². The predicted molar refractivity (Wildman–Crippen MR) is 347 cm³/mol. The molecule has 84 heavy (non-hydrogen) atoms. The number of ketones is 3. The maximum atomic E-state index is 13.4. The number of unbranched alkanes of at least 4 members (excludes halogenated alkanes) is 42. The van der Waals surface area contributed by atoms with Crippen LogP contribution in [0.25, 0.3) is 0 Å². The van der Waals surface area contributed by atoms with Crippen LogP contribution in [0.1, 0.15) is 388 Å². The summed E-state index contributed by atoms with van der Waals surface area (Å²) >= 11 is 0. The van der Waals surface area contributed by atoms with Crippen molar-refractivity contribution in [2.45, 2.75) is 406 Å². The minimum atomic E-state index is -2.90. The molecule has 1 atom stereocenters. The van der Waals surface area contributed by atoms with E-state index in [-0.39, 0.29) is 50.4 Å². The molecule has 0 aliphatic rings. The number of carbonyl (C=O) groups excluding carboxylic acids is 6. The normalized spacial score (nSPS) is 12.2. The number of ether oxygens (including phenoxy) is 3. The first-order chi connectivity index (χ1) is 40.8. The van der Waals surface area contributed by atoms with Gasteiger partial charge in [0, 0.05) is 38.5 Å². The van der Waals surface area contributed by atoms with Gasteiger partial charge in [0.25, 0.3) is 0 Å². The molecule has 12 heteroatoms. The molecule has 0 saturated carbocycles. The van der Waals surface area contributed by atoms with Crippen LogP contribution in [-0.2, 0) is 43.0 Å². The number of hydrogen-bond donors (Lipinski definition) is 3. The number of esters is 3. The van der Waals surface area contributed by atoms with Gasteiger partial charge in [0.1, 0.15) is 13.2 Å². The molecular weight excluding hydrogens is 1060 g/mol. The molecule has 0 fully saturated rings. The van der Waals surface area contributed by atoms with Crippen LogP contribution in [0.4, 0.5) is 0 Å². The third-order valence-corrected chi connectivity index (χ3v) is 16.7. The average molecular weight is 1190 g/mol. The molecule has 0 bridgehead atoms. The fourth-order valence-corrected chi connectivity index (χ4v) is 10.9. The van der Waals surface area contributed by atoms with Crippen molar-refractivity contribution < 1.29 is 58.3 Å².